The summed E-state index contributed by atoms with van der Waals surface area (Å²) in [6.45, 7) is -0.494. The van der Waals surface area contributed by atoms with Crippen LogP contribution in [0.25, 0.3) is 0 Å². The van der Waals surface area contributed by atoms with Gasteiger partial charge in [0.25, 0.3) is 0 Å². The zero-order valence-electron chi connectivity index (χ0n) is 16.5. The zero-order chi connectivity index (χ0) is 23.4. The molecule has 0 heterocycles. The molecule has 7 nitrogen and oxygen atoms in total. The Balaban J connectivity index is 1.93. The van der Waals surface area contributed by atoms with Crippen LogP contribution in [0.4, 0.5) is 24.5 Å². The van der Waals surface area contributed by atoms with E-state index in [1.165, 1.54) is 42.3 Å². The van der Waals surface area contributed by atoms with Crippen LogP contribution in [0.15, 0.2) is 47.4 Å². The van der Waals surface area contributed by atoms with Crippen molar-refractivity contribution < 1.29 is 31.2 Å². The molecule has 2 N–H and O–H groups in total. The standard InChI is InChI=1S/C19H19ClF3N3O4S/c1-26(10-17(27)24-12-4-3-5-14(8-12)31(2,29)30)11-18(28)25-13-6-7-16(20)15(9-13)19(21,22)23/h3-9H,10-11H2,1-2H3,(H,24,27)(H,25,28). The van der Waals surface area contributed by atoms with E-state index < -0.39 is 38.4 Å². The highest BCUT2D eigenvalue weighted by molar-refractivity contribution is 7.90. The Labute approximate surface area is 182 Å². The minimum Gasteiger partial charge on any atom is -0.325 e. The summed E-state index contributed by atoms with van der Waals surface area (Å²) in [5.74, 6) is -1.14. The second kappa shape index (κ2) is 9.67. The first-order valence-corrected chi connectivity index (χ1v) is 11.0. The summed E-state index contributed by atoms with van der Waals surface area (Å²) in [7, 11) is -1.97. The molecule has 0 spiro atoms. The molecule has 0 aliphatic heterocycles. The lowest BCUT2D eigenvalue weighted by Crippen LogP contribution is -2.36. The molecule has 0 atom stereocenters. The topological polar surface area (TPSA) is 95.6 Å². The van der Waals surface area contributed by atoms with Crippen molar-refractivity contribution in [3.05, 3.63) is 53.1 Å². The minimum atomic E-state index is -4.67. The number of benzene rings is 2. The van der Waals surface area contributed by atoms with Crippen molar-refractivity contribution in [2.24, 2.45) is 0 Å². The number of anilines is 2. The van der Waals surface area contributed by atoms with Crippen LogP contribution < -0.4 is 10.6 Å². The van der Waals surface area contributed by atoms with Crippen molar-refractivity contribution in [1.29, 1.82) is 0 Å². The van der Waals surface area contributed by atoms with Crippen molar-refractivity contribution in [3.63, 3.8) is 0 Å². The first kappa shape index (κ1) is 24.6. The predicted molar refractivity (Wildman–Crippen MR) is 111 cm³/mol. The molecule has 0 bridgehead atoms. The van der Waals surface area contributed by atoms with E-state index in [1.807, 2.05) is 0 Å². The van der Waals surface area contributed by atoms with Gasteiger partial charge in [-0.2, -0.15) is 13.2 Å². The van der Waals surface area contributed by atoms with Gasteiger partial charge in [-0.3, -0.25) is 14.5 Å². The monoisotopic (exact) mass is 477 g/mol. The number of nitrogens with one attached hydrogen (secondary N) is 2. The van der Waals surface area contributed by atoms with Crippen molar-refractivity contribution in [3.8, 4) is 0 Å². The fraction of sp³-hybridized carbons (Fsp3) is 0.263. The molecule has 0 saturated carbocycles. The average Bonchev–Trinajstić information content (AvgIpc) is 2.61. The Kier molecular flexibility index (Phi) is 7.68. The van der Waals surface area contributed by atoms with Crippen LogP contribution >= 0.6 is 11.6 Å². The van der Waals surface area contributed by atoms with Gasteiger partial charge in [-0.1, -0.05) is 17.7 Å². The molecule has 2 amide bonds. The van der Waals surface area contributed by atoms with Gasteiger partial charge in [0.2, 0.25) is 11.8 Å². The molecule has 0 aliphatic carbocycles. The van der Waals surface area contributed by atoms with E-state index in [1.54, 1.807) is 0 Å². The molecule has 0 unspecified atom stereocenters. The van der Waals surface area contributed by atoms with Gasteiger partial charge in [0.05, 0.1) is 28.6 Å². The summed E-state index contributed by atoms with van der Waals surface area (Å²) < 4.78 is 61.9. The first-order valence-electron chi connectivity index (χ1n) is 8.71. The molecule has 0 aromatic heterocycles. The van der Waals surface area contributed by atoms with Crippen molar-refractivity contribution in [2.45, 2.75) is 11.1 Å². The molecular formula is C19H19ClF3N3O4S. The Morgan fingerprint density at radius 2 is 1.55 bits per heavy atom. The highest BCUT2D eigenvalue weighted by Crippen LogP contribution is 2.36. The van der Waals surface area contributed by atoms with Crippen molar-refractivity contribution in [1.82, 2.24) is 4.90 Å². The number of carbonyl (C=O) groups excluding carboxylic acids is 2. The average molecular weight is 478 g/mol. The lowest BCUT2D eigenvalue weighted by molar-refractivity contribution is -0.137. The van der Waals surface area contributed by atoms with Gasteiger partial charge in [0, 0.05) is 17.6 Å². The van der Waals surface area contributed by atoms with Gasteiger partial charge in [0.1, 0.15) is 0 Å². The van der Waals surface area contributed by atoms with Crippen LogP contribution in [-0.4, -0.2) is 51.5 Å². The maximum Gasteiger partial charge on any atom is 0.417 e. The third-order valence-corrected chi connectivity index (χ3v) is 5.37. The van der Waals surface area contributed by atoms with Crippen molar-refractivity contribution in [2.75, 3.05) is 37.0 Å². The largest absolute Gasteiger partial charge is 0.417 e. The van der Waals surface area contributed by atoms with Crippen LogP contribution in [-0.2, 0) is 25.6 Å². The third kappa shape index (κ3) is 7.53. The number of halogens is 4. The number of hydrogen-bond acceptors (Lipinski definition) is 5. The normalized spacial score (nSPS) is 12.0. The number of rotatable bonds is 7. The Morgan fingerprint density at radius 1 is 1.00 bits per heavy atom. The number of likely N-dealkylation sites (N-methyl/N-ethyl adjacent to an activating group) is 1. The van der Waals surface area contributed by atoms with Crippen molar-refractivity contribution >= 4 is 44.6 Å². The summed E-state index contributed by atoms with van der Waals surface area (Å²) in [6, 6.07) is 8.67. The number of sulfone groups is 1. The molecule has 2 aromatic carbocycles. The highest BCUT2D eigenvalue weighted by atomic mass is 35.5. The summed E-state index contributed by atoms with van der Waals surface area (Å²) in [5, 5.41) is 4.36. The second-order valence-corrected chi connectivity index (χ2v) is 9.18. The third-order valence-electron chi connectivity index (χ3n) is 3.93. The van der Waals surface area contributed by atoms with E-state index in [9.17, 15) is 31.2 Å². The van der Waals surface area contributed by atoms with E-state index in [0.717, 1.165) is 18.4 Å². The smallest absolute Gasteiger partial charge is 0.325 e. The summed E-state index contributed by atoms with van der Waals surface area (Å²) in [6.07, 6.45) is -3.63. The fourth-order valence-corrected chi connectivity index (χ4v) is 3.46. The molecule has 0 fully saturated rings. The Morgan fingerprint density at radius 3 is 2.06 bits per heavy atom. The van der Waals surface area contributed by atoms with Crippen LogP contribution in [0, 0.1) is 0 Å². The van der Waals surface area contributed by atoms with Crippen LogP contribution in [0.3, 0.4) is 0 Å². The highest BCUT2D eigenvalue weighted by Gasteiger charge is 2.33. The maximum atomic E-state index is 12.9. The molecule has 0 aliphatic rings. The van der Waals surface area contributed by atoms with Crippen LogP contribution in [0.1, 0.15) is 5.56 Å². The summed E-state index contributed by atoms with van der Waals surface area (Å²) in [5.41, 5.74) is -0.889. The van der Waals surface area contributed by atoms with Crippen LogP contribution in [0.2, 0.25) is 5.02 Å². The maximum absolute atomic E-state index is 12.9. The number of nitrogens with zero attached hydrogens (tertiary/aromatic N) is 1. The molecule has 31 heavy (non-hydrogen) atoms. The fourth-order valence-electron chi connectivity index (χ4n) is 2.57. The molecule has 2 rings (SSSR count). The van der Waals surface area contributed by atoms with E-state index in [4.69, 9.17) is 11.6 Å². The first-order chi connectivity index (χ1) is 14.3. The molecular weight excluding hydrogens is 459 g/mol. The van der Waals surface area contributed by atoms with E-state index >= 15 is 0 Å². The quantitative estimate of drug-likeness (QED) is 0.638. The zero-order valence-corrected chi connectivity index (χ0v) is 18.0. The van der Waals surface area contributed by atoms with E-state index in [0.29, 0.717) is 0 Å². The predicted octanol–water partition coefficient (Wildman–Crippen LogP) is 3.27. The number of amides is 2. The van der Waals surface area contributed by atoms with E-state index in [-0.39, 0.29) is 29.4 Å². The van der Waals surface area contributed by atoms with Gasteiger partial charge < -0.3 is 10.6 Å². The lowest BCUT2D eigenvalue weighted by atomic mass is 10.2. The number of carbonyl (C=O) groups is 2. The molecule has 0 saturated heterocycles. The van der Waals surface area contributed by atoms with Crippen LogP contribution in [0.5, 0.6) is 0 Å². The number of alkyl halides is 3. The van der Waals surface area contributed by atoms with E-state index in [2.05, 4.69) is 10.6 Å². The van der Waals surface area contributed by atoms with Gasteiger partial charge in [-0.05, 0) is 43.4 Å². The van der Waals surface area contributed by atoms with Gasteiger partial charge >= 0.3 is 6.18 Å². The summed E-state index contributed by atoms with van der Waals surface area (Å²) >= 11 is 5.54. The molecule has 12 heteroatoms. The molecule has 168 valence electrons. The SMILES string of the molecule is CN(CC(=O)Nc1cccc(S(C)(=O)=O)c1)CC(=O)Nc1ccc(Cl)c(C(F)(F)F)c1. The second-order valence-electron chi connectivity index (χ2n) is 6.76. The Hall–Kier alpha value is -2.63. The molecule has 0 radical (unpaired) electrons. The summed E-state index contributed by atoms with van der Waals surface area (Å²) in [4.78, 5) is 25.6. The lowest BCUT2D eigenvalue weighted by Gasteiger charge is -2.17. The number of hydrogen-bond donors (Lipinski definition) is 2. The Bertz CT molecular complexity index is 1090. The molecule has 2 aromatic rings. The van der Waals surface area contributed by atoms with Gasteiger partial charge in [-0.15, -0.1) is 0 Å². The van der Waals surface area contributed by atoms with Gasteiger partial charge in [-0.25, -0.2) is 8.42 Å². The minimum absolute atomic E-state index is 0.0409. The van der Waals surface area contributed by atoms with Gasteiger partial charge in [0.15, 0.2) is 9.84 Å².